The zero-order chi connectivity index (χ0) is 34.7. The second kappa shape index (κ2) is 11.1. The number of carbonyl (C=O) groups excluding carboxylic acids is 2. The summed E-state index contributed by atoms with van der Waals surface area (Å²) in [5.41, 5.74) is -0.667. The highest BCUT2D eigenvalue weighted by Crippen LogP contribution is 2.89. The number of nitrogens with one attached hydrogen (secondary N) is 1. The van der Waals surface area contributed by atoms with Gasteiger partial charge in [-0.3, -0.25) is 9.78 Å². The fraction of sp³-hybridized carbons (Fsp3) is 0.821. The van der Waals surface area contributed by atoms with E-state index in [1.165, 1.54) is 13.3 Å². The first-order valence-corrected chi connectivity index (χ1v) is 18.5. The van der Waals surface area contributed by atoms with E-state index < -0.39 is 29.9 Å². The van der Waals surface area contributed by atoms with E-state index in [9.17, 15) is 19.8 Å². The molecule has 1 aliphatic heterocycles. The Hall–Kier alpha value is -2.23. The highest BCUT2D eigenvalue weighted by atomic mass is 16.6. The monoisotopic (exact) mass is 666 g/mol. The van der Waals surface area contributed by atoms with Crippen molar-refractivity contribution in [3.63, 3.8) is 0 Å². The van der Waals surface area contributed by atoms with Crippen molar-refractivity contribution in [2.75, 3.05) is 0 Å². The van der Waals surface area contributed by atoms with Gasteiger partial charge in [0, 0.05) is 24.0 Å². The standard InChI is InChI=1S/C39H58N2O7/c1-22-19-25(32(35(5,6)45)46-23(2)42)47-30-29(22)36(7)16-17-39-21-38(39)15-14-28(48-33(44)41-20-24-11-9-10-18-40-24)34(3,4)26(38)12-13-27(39)37(36,8)31(30)43/h9-11,18,22,25-32,43,45H,12-17,19-21H2,1-8H3,(H,41,44)/t22-,25?,26+,27?,28?,29+,30?,31+,32+,36-,37-,38-,39+/m1/s1. The zero-order valence-corrected chi connectivity index (χ0v) is 30.3. The topological polar surface area (TPSA) is 127 Å². The molecule has 1 saturated heterocycles. The molecule has 9 heteroatoms. The van der Waals surface area contributed by atoms with Crippen molar-refractivity contribution in [2.24, 2.45) is 50.7 Å². The maximum absolute atomic E-state index is 13.0. The van der Waals surface area contributed by atoms with Crippen LogP contribution in [0.5, 0.6) is 0 Å². The molecule has 266 valence electrons. The smallest absolute Gasteiger partial charge is 0.407 e. The number of fused-ring (bicyclic) bond motifs is 4. The molecule has 3 N–H and O–H groups in total. The van der Waals surface area contributed by atoms with Crippen molar-refractivity contribution >= 4 is 12.1 Å². The van der Waals surface area contributed by atoms with Crippen molar-refractivity contribution < 1.29 is 34.0 Å². The first-order chi connectivity index (χ1) is 22.4. The maximum atomic E-state index is 13.0. The van der Waals surface area contributed by atoms with Gasteiger partial charge in [0.2, 0.25) is 0 Å². The van der Waals surface area contributed by atoms with Crippen molar-refractivity contribution in [2.45, 2.75) is 149 Å². The predicted octanol–water partition coefficient (Wildman–Crippen LogP) is 6.19. The molecule has 6 fully saturated rings. The molecule has 6 aliphatic rings. The third-order valence-electron chi connectivity index (χ3n) is 15.5. The van der Waals surface area contributed by atoms with Crippen molar-refractivity contribution in [1.82, 2.24) is 10.3 Å². The molecule has 4 unspecified atom stereocenters. The van der Waals surface area contributed by atoms with E-state index in [0.29, 0.717) is 24.8 Å². The molecule has 0 radical (unpaired) electrons. The van der Waals surface area contributed by atoms with Crippen LogP contribution in [0.1, 0.15) is 112 Å². The van der Waals surface area contributed by atoms with E-state index in [1.807, 2.05) is 18.2 Å². The molecule has 5 aliphatic carbocycles. The van der Waals surface area contributed by atoms with Crippen LogP contribution in [0.25, 0.3) is 0 Å². The largest absolute Gasteiger partial charge is 0.457 e. The van der Waals surface area contributed by atoms with E-state index >= 15 is 0 Å². The maximum Gasteiger partial charge on any atom is 0.407 e. The van der Waals surface area contributed by atoms with Crippen molar-refractivity contribution in [3.8, 4) is 0 Å². The number of aliphatic hydroxyl groups is 2. The van der Waals surface area contributed by atoms with Gasteiger partial charge in [0.25, 0.3) is 0 Å². The van der Waals surface area contributed by atoms with Crippen LogP contribution in [0.4, 0.5) is 4.79 Å². The number of hydrogen-bond donors (Lipinski definition) is 3. The lowest BCUT2D eigenvalue weighted by atomic mass is 9.41. The molecule has 2 spiro atoms. The summed E-state index contributed by atoms with van der Waals surface area (Å²) in [6.07, 6.45) is 6.99. The summed E-state index contributed by atoms with van der Waals surface area (Å²) in [4.78, 5) is 29.3. The Kier molecular flexibility index (Phi) is 7.94. The summed E-state index contributed by atoms with van der Waals surface area (Å²) in [7, 11) is 0. The Balaban J connectivity index is 1.11. The van der Waals surface area contributed by atoms with E-state index in [4.69, 9.17) is 14.2 Å². The second-order valence-electron chi connectivity index (χ2n) is 18.3. The molecule has 2 heterocycles. The third-order valence-corrected chi connectivity index (χ3v) is 15.5. The van der Waals surface area contributed by atoms with Gasteiger partial charge in [0.15, 0.2) is 6.10 Å². The molecular weight excluding hydrogens is 608 g/mol. The average molecular weight is 667 g/mol. The van der Waals surface area contributed by atoms with Crippen LogP contribution in [0, 0.1) is 50.7 Å². The lowest BCUT2D eigenvalue weighted by molar-refractivity contribution is -0.216. The molecule has 0 aromatic carbocycles. The zero-order valence-electron chi connectivity index (χ0n) is 30.3. The highest BCUT2D eigenvalue weighted by Gasteiger charge is 2.84. The number of amides is 1. The second-order valence-corrected chi connectivity index (χ2v) is 18.3. The third kappa shape index (κ3) is 4.68. The Morgan fingerprint density at radius 3 is 2.46 bits per heavy atom. The van der Waals surface area contributed by atoms with Crippen LogP contribution in [-0.4, -0.2) is 63.4 Å². The Morgan fingerprint density at radius 2 is 1.79 bits per heavy atom. The highest BCUT2D eigenvalue weighted by molar-refractivity contribution is 5.67. The van der Waals surface area contributed by atoms with Crippen LogP contribution in [0.3, 0.4) is 0 Å². The van der Waals surface area contributed by atoms with Gasteiger partial charge < -0.3 is 29.7 Å². The van der Waals surface area contributed by atoms with Crippen LogP contribution in [0.15, 0.2) is 24.4 Å². The first kappa shape index (κ1) is 34.2. The molecule has 48 heavy (non-hydrogen) atoms. The number of hydrogen-bond acceptors (Lipinski definition) is 8. The van der Waals surface area contributed by atoms with Gasteiger partial charge in [-0.2, -0.15) is 0 Å². The number of rotatable bonds is 6. The molecule has 1 aromatic heterocycles. The summed E-state index contributed by atoms with van der Waals surface area (Å²) >= 11 is 0. The minimum absolute atomic E-state index is 0.0960. The number of esters is 1. The molecule has 9 nitrogen and oxygen atoms in total. The van der Waals surface area contributed by atoms with Crippen molar-refractivity contribution in [3.05, 3.63) is 30.1 Å². The minimum atomic E-state index is -1.27. The predicted molar refractivity (Wildman–Crippen MR) is 179 cm³/mol. The van der Waals surface area contributed by atoms with Gasteiger partial charge in [-0.05, 0) is 117 Å². The number of pyridine rings is 1. The quantitative estimate of drug-likeness (QED) is 0.307. The van der Waals surface area contributed by atoms with Crippen LogP contribution < -0.4 is 5.32 Å². The van der Waals surface area contributed by atoms with Gasteiger partial charge in [0.1, 0.15) is 6.10 Å². The number of aliphatic hydroxyl groups excluding tert-OH is 1. The van der Waals surface area contributed by atoms with E-state index in [2.05, 4.69) is 44.9 Å². The normalized spacial score (nSPS) is 46.0. The SMILES string of the molecule is CC(=O)O[C@@H](C1C[C@@H](C)[C@H]2C(O1)[C@H](O)[C@@]1(C)C3CC[C@H]4C(C)(C)C(OC(=O)NCc5ccccn5)CC[C@@]45C[C@@]35CC[C@]21C)C(C)(C)O. The van der Waals surface area contributed by atoms with Crippen LogP contribution >= 0.6 is 0 Å². The molecule has 1 aromatic rings. The summed E-state index contributed by atoms with van der Waals surface area (Å²) in [5.74, 6) is 0.815. The van der Waals surface area contributed by atoms with Gasteiger partial charge in [-0.15, -0.1) is 0 Å². The number of nitrogens with zero attached hydrogens (tertiary/aromatic N) is 1. The molecule has 5 saturated carbocycles. The van der Waals surface area contributed by atoms with Gasteiger partial charge >= 0.3 is 12.1 Å². The Bertz CT molecular complexity index is 1430. The van der Waals surface area contributed by atoms with Gasteiger partial charge in [0.05, 0.1) is 36.2 Å². The Morgan fingerprint density at radius 1 is 1.08 bits per heavy atom. The van der Waals surface area contributed by atoms with E-state index in [1.54, 1.807) is 20.0 Å². The summed E-state index contributed by atoms with van der Waals surface area (Å²) < 4.78 is 18.7. The molecule has 13 atom stereocenters. The molecular formula is C39H58N2O7. The number of carbonyl (C=O) groups is 2. The fourth-order valence-corrected chi connectivity index (χ4v) is 13.4. The number of alkyl carbamates (subject to hydrolysis) is 1. The minimum Gasteiger partial charge on any atom is -0.457 e. The van der Waals surface area contributed by atoms with Crippen molar-refractivity contribution in [1.29, 1.82) is 0 Å². The fourth-order valence-electron chi connectivity index (χ4n) is 13.4. The summed E-state index contributed by atoms with van der Waals surface area (Å²) in [5, 5.41) is 26.4. The number of aromatic nitrogens is 1. The number of ether oxygens (including phenoxy) is 3. The molecule has 1 amide bonds. The van der Waals surface area contributed by atoms with E-state index in [0.717, 1.165) is 44.2 Å². The lowest BCUT2D eigenvalue weighted by Crippen LogP contribution is -2.60. The van der Waals surface area contributed by atoms with Gasteiger partial charge in [-0.25, -0.2) is 4.79 Å². The summed E-state index contributed by atoms with van der Waals surface area (Å²) in [6, 6.07) is 5.67. The summed E-state index contributed by atoms with van der Waals surface area (Å²) in [6.45, 7) is 16.7. The lowest BCUT2D eigenvalue weighted by Gasteiger charge is -2.63. The average Bonchev–Trinajstić information content (AvgIpc) is 3.65. The molecule has 0 bridgehead atoms. The van der Waals surface area contributed by atoms with E-state index in [-0.39, 0.29) is 57.2 Å². The van der Waals surface area contributed by atoms with Crippen LogP contribution in [0.2, 0.25) is 0 Å². The van der Waals surface area contributed by atoms with Crippen LogP contribution in [-0.2, 0) is 25.5 Å². The molecule has 7 rings (SSSR count). The Labute approximate surface area is 286 Å². The first-order valence-electron chi connectivity index (χ1n) is 18.5. The van der Waals surface area contributed by atoms with Gasteiger partial charge in [-0.1, -0.05) is 40.7 Å².